The second kappa shape index (κ2) is 7.53. The molecule has 0 unspecified atom stereocenters. The molecule has 0 bridgehead atoms. The second-order valence-electron chi connectivity index (χ2n) is 6.64. The van der Waals surface area contributed by atoms with Crippen molar-refractivity contribution in [3.8, 4) is 0 Å². The maximum Gasteiger partial charge on any atom is 0.317 e. The number of carbonyl (C=O) groups is 1. The van der Waals surface area contributed by atoms with Crippen molar-refractivity contribution < 1.29 is 4.79 Å². The molecule has 3 heterocycles. The standard InChI is InChI=1S/C17H26N4OS/c1-17(6-4-12-23-17)14-19-16(22)21-10-8-20(9-11-21)13-15-5-2-3-7-18-15/h2-3,5,7H,4,6,8-14H2,1H3,(H,19,22)/t17-/m0/s1. The number of amides is 2. The van der Waals surface area contributed by atoms with Crippen molar-refractivity contribution in [3.63, 3.8) is 0 Å². The summed E-state index contributed by atoms with van der Waals surface area (Å²) in [7, 11) is 0. The number of thioether (sulfide) groups is 1. The third-order valence-corrected chi connectivity index (χ3v) is 6.22. The highest BCUT2D eigenvalue weighted by atomic mass is 32.2. The van der Waals surface area contributed by atoms with Gasteiger partial charge in [-0.1, -0.05) is 6.07 Å². The molecule has 2 amide bonds. The van der Waals surface area contributed by atoms with Gasteiger partial charge in [0.1, 0.15) is 0 Å². The smallest absolute Gasteiger partial charge is 0.317 e. The van der Waals surface area contributed by atoms with Crippen LogP contribution in [0.25, 0.3) is 0 Å². The van der Waals surface area contributed by atoms with Crippen molar-refractivity contribution in [1.82, 2.24) is 20.1 Å². The number of piperazine rings is 1. The van der Waals surface area contributed by atoms with Gasteiger partial charge in [0, 0.05) is 50.2 Å². The summed E-state index contributed by atoms with van der Waals surface area (Å²) in [5.74, 6) is 1.22. The first-order chi connectivity index (χ1) is 11.1. The van der Waals surface area contributed by atoms with E-state index in [0.29, 0.717) is 0 Å². The third kappa shape index (κ3) is 4.61. The molecule has 126 valence electrons. The van der Waals surface area contributed by atoms with Gasteiger partial charge in [-0.15, -0.1) is 0 Å². The summed E-state index contributed by atoms with van der Waals surface area (Å²) < 4.78 is 0.233. The predicted octanol–water partition coefficient (Wildman–Crippen LogP) is 2.19. The lowest BCUT2D eigenvalue weighted by molar-refractivity contribution is 0.134. The molecule has 2 fully saturated rings. The van der Waals surface area contributed by atoms with Crippen LogP contribution in [0.1, 0.15) is 25.5 Å². The van der Waals surface area contributed by atoms with Gasteiger partial charge in [-0.25, -0.2) is 4.79 Å². The number of rotatable bonds is 4. The van der Waals surface area contributed by atoms with Gasteiger partial charge in [0.25, 0.3) is 0 Å². The van der Waals surface area contributed by atoms with Crippen LogP contribution >= 0.6 is 11.8 Å². The number of aromatic nitrogens is 1. The Balaban J connectivity index is 1.40. The molecular weight excluding hydrogens is 308 g/mol. The van der Waals surface area contributed by atoms with Crippen LogP contribution in [-0.2, 0) is 6.54 Å². The normalized spacial score (nSPS) is 25.5. The fraction of sp³-hybridized carbons (Fsp3) is 0.647. The van der Waals surface area contributed by atoms with Crippen LogP contribution in [0.3, 0.4) is 0 Å². The summed E-state index contributed by atoms with van der Waals surface area (Å²) in [6.45, 7) is 7.32. The van der Waals surface area contributed by atoms with Crippen LogP contribution in [0.2, 0.25) is 0 Å². The van der Waals surface area contributed by atoms with E-state index in [2.05, 4.69) is 28.2 Å². The molecule has 0 spiro atoms. The summed E-state index contributed by atoms with van der Waals surface area (Å²) in [4.78, 5) is 21.0. The zero-order valence-corrected chi connectivity index (χ0v) is 14.6. The van der Waals surface area contributed by atoms with Crippen molar-refractivity contribution in [1.29, 1.82) is 0 Å². The van der Waals surface area contributed by atoms with E-state index in [1.807, 2.05) is 35.0 Å². The number of pyridine rings is 1. The molecule has 0 aliphatic carbocycles. The quantitative estimate of drug-likeness (QED) is 0.917. The lowest BCUT2D eigenvalue weighted by Crippen LogP contribution is -2.53. The minimum atomic E-state index is 0.0937. The average Bonchev–Trinajstić information content (AvgIpc) is 3.01. The van der Waals surface area contributed by atoms with Gasteiger partial charge in [-0.2, -0.15) is 11.8 Å². The van der Waals surface area contributed by atoms with Crippen LogP contribution in [-0.4, -0.2) is 64.0 Å². The summed E-state index contributed by atoms with van der Waals surface area (Å²) in [5.41, 5.74) is 1.09. The van der Waals surface area contributed by atoms with E-state index in [0.717, 1.165) is 45.0 Å². The highest BCUT2D eigenvalue weighted by molar-refractivity contribution is 8.00. The Morgan fingerprint density at radius 2 is 2.17 bits per heavy atom. The molecule has 1 N–H and O–H groups in total. The minimum Gasteiger partial charge on any atom is -0.337 e. The van der Waals surface area contributed by atoms with E-state index >= 15 is 0 Å². The Kier molecular flexibility index (Phi) is 5.43. The molecule has 23 heavy (non-hydrogen) atoms. The van der Waals surface area contributed by atoms with Crippen molar-refractivity contribution >= 4 is 17.8 Å². The summed E-state index contributed by atoms with van der Waals surface area (Å²) in [6.07, 6.45) is 4.31. The number of hydrogen-bond acceptors (Lipinski definition) is 4. The molecule has 2 aliphatic heterocycles. The predicted molar refractivity (Wildman–Crippen MR) is 94.6 cm³/mol. The van der Waals surface area contributed by atoms with Gasteiger partial charge in [0.15, 0.2) is 0 Å². The van der Waals surface area contributed by atoms with E-state index in [4.69, 9.17) is 0 Å². The zero-order valence-electron chi connectivity index (χ0n) is 13.8. The molecule has 1 aromatic rings. The van der Waals surface area contributed by atoms with Crippen LogP contribution in [0.15, 0.2) is 24.4 Å². The summed E-state index contributed by atoms with van der Waals surface area (Å²) in [6, 6.07) is 6.11. The first kappa shape index (κ1) is 16.6. The Morgan fingerprint density at radius 1 is 1.35 bits per heavy atom. The molecule has 0 radical (unpaired) electrons. The van der Waals surface area contributed by atoms with Gasteiger partial charge in [-0.3, -0.25) is 9.88 Å². The molecule has 1 atom stereocenters. The van der Waals surface area contributed by atoms with Crippen LogP contribution in [0.5, 0.6) is 0 Å². The summed E-state index contributed by atoms with van der Waals surface area (Å²) in [5, 5.41) is 3.13. The fourth-order valence-corrected chi connectivity index (χ4v) is 4.42. The minimum absolute atomic E-state index is 0.0937. The van der Waals surface area contributed by atoms with Crippen molar-refractivity contribution in [2.75, 3.05) is 38.5 Å². The van der Waals surface area contributed by atoms with E-state index < -0.39 is 0 Å². The van der Waals surface area contributed by atoms with Gasteiger partial charge >= 0.3 is 6.03 Å². The highest BCUT2D eigenvalue weighted by Gasteiger charge is 2.30. The van der Waals surface area contributed by atoms with Gasteiger partial charge in [-0.05, 0) is 37.7 Å². The second-order valence-corrected chi connectivity index (χ2v) is 8.33. The summed E-state index contributed by atoms with van der Waals surface area (Å²) >= 11 is 1.99. The lowest BCUT2D eigenvalue weighted by atomic mass is 10.1. The van der Waals surface area contributed by atoms with Crippen molar-refractivity contribution in [3.05, 3.63) is 30.1 Å². The van der Waals surface area contributed by atoms with Crippen molar-refractivity contribution in [2.45, 2.75) is 31.1 Å². The Morgan fingerprint density at radius 3 is 2.83 bits per heavy atom. The lowest BCUT2D eigenvalue weighted by Gasteiger charge is -2.35. The fourth-order valence-electron chi connectivity index (χ4n) is 3.18. The maximum atomic E-state index is 12.3. The largest absolute Gasteiger partial charge is 0.337 e. The Bertz CT molecular complexity index is 511. The van der Waals surface area contributed by atoms with E-state index in [1.54, 1.807) is 0 Å². The zero-order chi connectivity index (χ0) is 16.1. The molecule has 0 aromatic carbocycles. The first-order valence-corrected chi connectivity index (χ1v) is 9.42. The molecule has 2 aliphatic rings. The number of hydrogen-bond donors (Lipinski definition) is 1. The average molecular weight is 334 g/mol. The molecular formula is C17H26N4OS. The monoisotopic (exact) mass is 334 g/mol. The van der Waals surface area contributed by atoms with Gasteiger partial charge < -0.3 is 10.2 Å². The van der Waals surface area contributed by atoms with E-state index in [1.165, 1.54) is 18.6 Å². The molecule has 6 heteroatoms. The molecule has 1 aromatic heterocycles. The third-order valence-electron chi connectivity index (χ3n) is 4.69. The number of nitrogens with one attached hydrogen (secondary N) is 1. The van der Waals surface area contributed by atoms with Crippen LogP contribution < -0.4 is 5.32 Å². The Labute approximate surface area is 142 Å². The van der Waals surface area contributed by atoms with E-state index in [-0.39, 0.29) is 10.8 Å². The Hall–Kier alpha value is -1.27. The molecule has 3 rings (SSSR count). The molecule has 2 saturated heterocycles. The number of carbonyl (C=O) groups excluding carboxylic acids is 1. The van der Waals surface area contributed by atoms with E-state index in [9.17, 15) is 4.79 Å². The number of nitrogens with zero attached hydrogens (tertiary/aromatic N) is 3. The maximum absolute atomic E-state index is 12.3. The highest BCUT2D eigenvalue weighted by Crippen LogP contribution is 2.36. The topological polar surface area (TPSA) is 48.5 Å². The van der Waals surface area contributed by atoms with Gasteiger partial charge in [0.05, 0.1) is 5.69 Å². The van der Waals surface area contributed by atoms with Crippen LogP contribution in [0, 0.1) is 0 Å². The number of urea groups is 1. The van der Waals surface area contributed by atoms with Crippen LogP contribution in [0.4, 0.5) is 4.79 Å². The SMILES string of the molecule is C[C@@]1(CNC(=O)N2CCN(Cc3ccccn3)CC2)CCCS1. The first-order valence-electron chi connectivity index (χ1n) is 8.44. The van der Waals surface area contributed by atoms with Gasteiger partial charge in [0.2, 0.25) is 0 Å². The molecule has 0 saturated carbocycles. The molecule has 5 nitrogen and oxygen atoms in total. The van der Waals surface area contributed by atoms with Crippen molar-refractivity contribution in [2.24, 2.45) is 0 Å².